The van der Waals surface area contributed by atoms with E-state index in [0.717, 1.165) is 23.4 Å². The van der Waals surface area contributed by atoms with E-state index in [2.05, 4.69) is 15.5 Å². The molecule has 0 aliphatic rings. The van der Waals surface area contributed by atoms with Gasteiger partial charge in [-0.15, -0.1) is 0 Å². The van der Waals surface area contributed by atoms with Gasteiger partial charge in [0.05, 0.1) is 18.7 Å². The monoisotopic (exact) mass is 424 g/mol. The summed E-state index contributed by atoms with van der Waals surface area (Å²) in [6, 6.07) is 11.0. The molecule has 0 radical (unpaired) electrons. The molecule has 1 unspecified atom stereocenters. The Morgan fingerprint density at radius 2 is 1.97 bits per heavy atom. The van der Waals surface area contributed by atoms with Gasteiger partial charge in [-0.1, -0.05) is 24.2 Å². The molecule has 31 heavy (non-hydrogen) atoms. The zero-order chi connectivity index (χ0) is 22.4. The summed E-state index contributed by atoms with van der Waals surface area (Å²) >= 11 is 0. The van der Waals surface area contributed by atoms with Gasteiger partial charge in [-0.05, 0) is 50.1 Å². The van der Waals surface area contributed by atoms with E-state index in [4.69, 9.17) is 9.26 Å². The van der Waals surface area contributed by atoms with Crippen LogP contribution in [0.2, 0.25) is 0 Å². The number of nitrogens with one attached hydrogen (secondary N) is 1. The highest BCUT2D eigenvalue weighted by Crippen LogP contribution is 2.18. The standard InChI is InChI=1S/C23H28N4O4/c1-5-14-27-15(2)6-11-19(23(27)29)22-25-21(31-26-22)13-12-20(28)24-16(3)17-7-9-18(30-4)10-8-17/h6-11,16H,5,12-14H2,1-4H3,(H,24,28). The van der Waals surface area contributed by atoms with Crippen molar-refractivity contribution in [3.05, 3.63) is 63.9 Å². The van der Waals surface area contributed by atoms with Crippen molar-refractivity contribution < 1.29 is 14.1 Å². The fraction of sp³-hybridized carbons (Fsp3) is 0.391. The summed E-state index contributed by atoms with van der Waals surface area (Å²) < 4.78 is 12.1. The first-order valence-electron chi connectivity index (χ1n) is 10.4. The number of pyridine rings is 1. The maximum atomic E-state index is 12.7. The summed E-state index contributed by atoms with van der Waals surface area (Å²) in [5.41, 5.74) is 2.13. The van der Waals surface area contributed by atoms with Crippen LogP contribution in [0.25, 0.3) is 11.4 Å². The molecule has 0 saturated heterocycles. The summed E-state index contributed by atoms with van der Waals surface area (Å²) in [5, 5.41) is 6.89. The summed E-state index contributed by atoms with van der Waals surface area (Å²) in [6.07, 6.45) is 1.35. The number of amides is 1. The van der Waals surface area contributed by atoms with Crippen LogP contribution in [0.15, 0.2) is 45.7 Å². The number of carbonyl (C=O) groups is 1. The van der Waals surface area contributed by atoms with E-state index in [1.165, 1.54) is 0 Å². The maximum Gasteiger partial charge on any atom is 0.261 e. The molecular weight excluding hydrogens is 396 g/mol. The first-order chi connectivity index (χ1) is 14.9. The average molecular weight is 425 g/mol. The number of ether oxygens (including phenoxy) is 1. The van der Waals surface area contributed by atoms with Crippen LogP contribution in [0, 0.1) is 6.92 Å². The van der Waals surface area contributed by atoms with Gasteiger partial charge in [-0.2, -0.15) is 4.98 Å². The van der Waals surface area contributed by atoms with Crippen LogP contribution in [-0.4, -0.2) is 27.7 Å². The van der Waals surface area contributed by atoms with E-state index in [0.29, 0.717) is 24.4 Å². The lowest BCUT2D eigenvalue weighted by Crippen LogP contribution is -2.26. The van der Waals surface area contributed by atoms with Gasteiger partial charge in [-0.25, -0.2) is 0 Å². The molecule has 0 aliphatic heterocycles. The van der Waals surface area contributed by atoms with Crippen LogP contribution in [-0.2, 0) is 17.8 Å². The van der Waals surface area contributed by atoms with Crippen LogP contribution < -0.4 is 15.6 Å². The number of nitrogens with zero attached hydrogens (tertiary/aromatic N) is 3. The summed E-state index contributed by atoms with van der Waals surface area (Å²) in [4.78, 5) is 29.4. The lowest BCUT2D eigenvalue weighted by molar-refractivity contribution is -0.121. The minimum atomic E-state index is -0.139. The highest BCUT2D eigenvalue weighted by Gasteiger charge is 2.16. The van der Waals surface area contributed by atoms with Gasteiger partial charge in [0, 0.05) is 25.1 Å². The van der Waals surface area contributed by atoms with Gasteiger partial charge >= 0.3 is 0 Å². The van der Waals surface area contributed by atoms with Crippen molar-refractivity contribution in [2.24, 2.45) is 0 Å². The Balaban J connectivity index is 1.60. The molecule has 1 aromatic carbocycles. The Bertz CT molecular complexity index is 1090. The number of hydrogen-bond acceptors (Lipinski definition) is 6. The zero-order valence-corrected chi connectivity index (χ0v) is 18.3. The fourth-order valence-corrected chi connectivity index (χ4v) is 3.32. The topological polar surface area (TPSA) is 99.2 Å². The fourth-order valence-electron chi connectivity index (χ4n) is 3.32. The molecule has 0 bridgehead atoms. The third-order valence-corrected chi connectivity index (χ3v) is 5.11. The minimum Gasteiger partial charge on any atom is -0.497 e. The van der Waals surface area contributed by atoms with Gasteiger partial charge in [0.1, 0.15) is 5.75 Å². The second-order valence-electron chi connectivity index (χ2n) is 7.42. The average Bonchev–Trinajstić information content (AvgIpc) is 3.24. The molecule has 3 aromatic rings. The number of hydrogen-bond donors (Lipinski definition) is 1. The smallest absolute Gasteiger partial charge is 0.261 e. The predicted octanol–water partition coefficient (Wildman–Crippen LogP) is 3.44. The van der Waals surface area contributed by atoms with Crippen LogP contribution >= 0.6 is 0 Å². The molecule has 0 spiro atoms. The van der Waals surface area contributed by atoms with Crippen LogP contribution in [0.5, 0.6) is 5.75 Å². The Morgan fingerprint density at radius 3 is 2.65 bits per heavy atom. The molecule has 8 heteroatoms. The first-order valence-corrected chi connectivity index (χ1v) is 10.4. The van der Waals surface area contributed by atoms with Crippen molar-refractivity contribution in [2.75, 3.05) is 7.11 Å². The highest BCUT2D eigenvalue weighted by molar-refractivity contribution is 5.76. The van der Waals surface area contributed by atoms with Crippen LogP contribution in [0.4, 0.5) is 0 Å². The summed E-state index contributed by atoms with van der Waals surface area (Å²) in [6.45, 7) is 6.47. The molecule has 8 nitrogen and oxygen atoms in total. The normalized spacial score (nSPS) is 11.9. The van der Waals surface area contributed by atoms with Gasteiger partial charge < -0.3 is 19.1 Å². The van der Waals surface area contributed by atoms with Crippen molar-refractivity contribution in [1.82, 2.24) is 20.0 Å². The molecule has 0 saturated carbocycles. The Morgan fingerprint density at radius 1 is 1.23 bits per heavy atom. The molecule has 0 aliphatic carbocycles. The number of methoxy groups -OCH3 is 1. The number of aryl methyl sites for hydroxylation is 2. The molecule has 2 aromatic heterocycles. The van der Waals surface area contributed by atoms with E-state index >= 15 is 0 Å². The second kappa shape index (κ2) is 10.1. The third-order valence-electron chi connectivity index (χ3n) is 5.11. The molecule has 2 heterocycles. The van der Waals surface area contributed by atoms with Gasteiger partial charge in [0.15, 0.2) is 0 Å². The maximum absolute atomic E-state index is 12.7. The van der Waals surface area contributed by atoms with Crippen molar-refractivity contribution in [2.45, 2.75) is 52.6 Å². The molecular formula is C23H28N4O4. The van der Waals surface area contributed by atoms with Crippen molar-refractivity contribution >= 4 is 5.91 Å². The predicted molar refractivity (Wildman–Crippen MR) is 117 cm³/mol. The third kappa shape index (κ3) is 5.39. The molecule has 1 atom stereocenters. The zero-order valence-electron chi connectivity index (χ0n) is 18.3. The number of carbonyl (C=O) groups excluding carboxylic acids is 1. The van der Waals surface area contributed by atoms with Crippen molar-refractivity contribution in [1.29, 1.82) is 0 Å². The van der Waals surface area contributed by atoms with E-state index < -0.39 is 0 Å². The van der Waals surface area contributed by atoms with Gasteiger partial charge in [0.2, 0.25) is 17.6 Å². The molecule has 164 valence electrons. The number of benzene rings is 1. The van der Waals surface area contributed by atoms with Crippen LogP contribution in [0.1, 0.15) is 49.9 Å². The minimum absolute atomic E-state index is 0.122. The largest absolute Gasteiger partial charge is 0.497 e. The van der Waals surface area contributed by atoms with E-state index in [9.17, 15) is 9.59 Å². The SMILES string of the molecule is CCCn1c(C)ccc(-c2noc(CCC(=O)NC(C)c3ccc(OC)cc3)n2)c1=O. The number of aromatic nitrogens is 3. The first kappa shape index (κ1) is 22.3. The molecule has 1 N–H and O–H groups in total. The second-order valence-corrected chi connectivity index (χ2v) is 7.42. The lowest BCUT2D eigenvalue weighted by atomic mass is 10.1. The van der Waals surface area contributed by atoms with E-state index in [1.54, 1.807) is 17.7 Å². The van der Waals surface area contributed by atoms with E-state index in [-0.39, 0.29) is 29.8 Å². The quantitative estimate of drug-likeness (QED) is 0.565. The number of rotatable bonds is 9. The Kier molecular flexibility index (Phi) is 7.23. The molecule has 3 rings (SSSR count). The van der Waals surface area contributed by atoms with Crippen molar-refractivity contribution in [3.63, 3.8) is 0 Å². The lowest BCUT2D eigenvalue weighted by Gasteiger charge is -2.14. The molecule has 1 amide bonds. The summed E-state index contributed by atoms with van der Waals surface area (Å²) in [7, 11) is 1.61. The highest BCUT2D eigenvalue weighted by atomic mass is 16.5. The Hall–Kier alpha value is -3.42. The van der Waals surface area contributed by atoms with Crippen molar-refractivity contribution in [3.8, 4) is 17.1 Å². The van der Waals surface area contributed by atoms with Gasteiger partial charge in [0.25, 0.3) is 5.56 Å². The van der Waals surface area contributed by atoms with E-state index in [1.807, 2.05) is 51.1 Å². The molecule has 0 fully saturated rings. The Labute approximate surface area is 181 Å². The summed E-state index contributed by atoms with van der Waals surface area (Å²) in [5.74, 6) is 1.22. The van der Waals surface area contributed by atoms with Crippen LogP contribution in [0.3, 0.4) is 0 Å². The van der Waals surface area contributed by atoms with Gasteiger partial charge in [-0.3, -0.25) is 9.59 Å².